The first kappa shape index (κ1) is 15.6. The average Bonchev–Trinajstić information content (AvgIpc) is 3.12. The lowest BCUT2D eigenvalue weighted by molar-refractivity contribution is -0.138. The SMILES string of the molecule is O=C(O)CCCCC(=O)N(Cc1ccco1)C1CCCC1. The molecule has 1 aliphatic rings. The number of furan rings is 1. The minimum absolute atomic E-state index is 0.115. The molecule has 0 aliphatic heterocycles. The molecule has 5 nitrogen and oxygen atoms in total. The Morgan fingerprint density at radius 2 is 1.95 bits per heavy atom. The fourth-order valence-corrected chi connectivity index (χ4v) is 2.90. The molecule has 116 valence electrons. The van der Waals surface area contributed by atoms with Crippen LogP contribution in [-0.2, 0) is 16.1 Å². The van der Waals surface area contributed by atoms with Gasteiger partial charge in [-0.05, 0) is 37.8 Å². The Kier molecular flexibility index (Phi) is 5.84. The number of hydrogen-bond acceptors (Lipinski definition) is 3. The molecular weight excluding hydrogens is 270 g/mol. The highest BCUT2D eigenvalue weighted by molar-refractivity contribution is 5.76. The summed E-state index contributed by atoms with van der Waals surface area (Å²) in [4.78, 5) is 24.9. The summed E-state index contributed by atoms with van der Waals surface area (Å²) in [5.41, 5.74) is 0. The fraction of sp³-hybridized carbons (Fsp3) is 0.625. The summed E-state index contributed by atoms with van der Waals surface area (Å²) in [5, 5.41) is 8.62. The summed E-state index contributed by atoms with van der Waals surface area (Å²) in [6.07, 6.45) is 7.83. The predicted molar refractivity (Wildman–Crippen MR) is 77.6 cm³/mol. The molecule has 1 aliphatic carbocycles. The molecule has 0 unspecified atom stereocenters. The smallest absolute Gasteiger partial charge is 0.303 e. The lowest BCUT2D eigenvalue weighted by Gasteiger charge is -2.28. The van der Waals surface area contributed by atoms with E-state index in [0.29, 0.717) is 31.8 Å². The van der Waals surface area contributed by atoms with Gasteiger partial charge in [-0.2, -0.15) is 0 Å². The number of unbranched alkanes of at least 4 members (excludes halogenated alkanes) is 1. The molecule has 0 spiro atoms. The third kappa shape index (κ3) is 4.92. The first-order valence-electron chi connectivity index (χ1n) is 7.70. The maximum atomic E-state index is 12.4. The Morgan fingerprint density at radius 1 is 1.24 bits per heavy atom. The number of aliphatic carboxylic acids is 1. The van der Waals surface area contributed by atoms with Gasteiger partial charge in [-0.15, -0.1) is 0 Å². The maximum Gasteiger partial charge on any atom is 0.303 e. The van der Waals surface area contributed by atoms with Crippen molar-refractivity contribution in [3.05, 3.63) is 24.2 Å². The summed E-state index contributed by atoms with van der Waals surface area (Å²) in [6, 6.07) is 4.03. The number of hydrogen-bond donors (Lipinski definition) is 1. The normalized spacial score (nSPS) is 15.2. The van der Waals surface area contributed by atoms with E-state index in [-0.39, 0.29) is 12.3 Å². The van der Waals surface area contributed by atoms with Crippen molar-refractivity contribution in [3.8, 4) is 0 Å². The molecule has 1 fully saturated rings. The van der Waals surface area contributed by atoms with Crippen molar-refractivity contribution in [2.24, 2.45) is 0 Å². The molecule has 0 saturated heterocycles. The lowest BCUT2D eigenvalue weighted by Crippen LogP contribution is -2.38. The van der Waals surface area contributed by atoms with Crippen LogP contribution in [-0.4, -0.2) is 27.9 Å². The van der Waals surface area contributed by atoms with Crippen LogP contribution in [0.1, 0.15) is 57.1 Å². The van der Waals surface area contributed by atoms with Crippen LogP contribution < -0.4 is 0 Å². The Labute approximate surface area is 124 Å². The molecule has 0 atom stereocenters. The molecule has 2 rings (SSSR count). The third-order valence-corrected chi connectivity index (χ3v) is 4.02. The van der Waals surface area contributed by atoms with Gasteiger partial charge in [-0.25, -0.2) is 0 Å². The molecule has 0 bridgehead atoms. The largest absolute Gasteiger partial charge is 0.481 e. The van der Waals surface area contributed by atoms with Gasteiger partial charge in [0.2, 0.25) is 5.91 Å². The summed E-state index contributed by atoms with van der Waals surface area (Å²) in [5.74, 6) is 0.121. The Hall–Kier alpha value is -1.78. The van der Waals surface area contributed by atoms with Gasteiger partial charge in [0.25, 0.3) is 0 Å². The highest BCUT2D eigenvalue weighted by Gasteiger charge is 2.26. The molecule has 5 heteroatoms. The van der Waals surface area contributed by atoms with E-state index < -0.39 is 5.97 Å². The van der Waals surface area contributed by atoms with Crippen molar-refractivity contribution in [2.75, 3.05) is 0 Å². The number of carbonyl (C=O) groups is 2. The second-order valence-electron chi connectivity index (χ2n) is 5.64. The molecule has 1 aromatic rings. The lowest BCUT2D eigenvalue weighted by atomic mass is 10.1. The first-order valence-corrected chi connectivity index (χ1v) is 7.70. The minimum atomic E-state index is -0.800. The number of carboxylic acid groups (broad SMARTS) is 1. The number of carboxylic acids is 1. The van der Waals surface area contributed by atoms with Gasteiger partial charge in [0.1, 0.15) is 5.76 Å². The molecule has 0 radical (unpaired) electrons. The zero-order valence-electron chi connectivity index (χ0n) is 12.3. The number of rotatable bonds is 8. The monoisotopic (exact) mass is 293 g/mol. The van der Waals surface area contributed by atoms with E-state index in [0.717, 1.165) is 18.6 Å². The third-order valence-electron chi connectivity index (χ3n) is 4.02. The zero-order chi connectivity index (χ0) is 15.1. The van der Waals surface area contributed by atoms with Gasteiger partial charge in [-0.1, -0.05) is 12.8 Å². The zero-order valence-corrected chi connectivity index (χ0v) is 12.3. The van der Waals surface area contributed by atoms with E-state index in [1.165, 1.54) is 12.8 Å². The summed E-state index contributed by atoms with van der Waals surface area (Å²) >= 11 is 0. The second-order valence-corrected chi connectivity index (χ2v) is 5.64. The molecule has 1 saturated carbocycles. The first-order chi connectivity index (χ1) is 10.2. The molecule has 1 aromatic heterocycles. The highest BCUT2D eigenvalue weighted by atomic mass is 16.4. The van der Waals surface area contributed by atoms with Gasteiger partial charge in [0, 0.05) is 18.9 Å². The van der Waals surface area contributed by atoms with E-state index in [9.17, 15) is 9.59 Å². The van der Waals surface area contributed by atoms with Crippen molar-refractivity contribution >= 4 is 11.9 Å². The van der Waals surface area contributed by atoms with Crippen LogP contribution in [0.25, 0.3) is 0 Å². The van der Waals surface area contributed by atoms with Gasteiger partial charge in [0.05, 0.1) is 12.8 Å². The number of amides is 1. The minimum Gasteiger partial charge on any atom is -0.481 e. The van der Waals surface area contributed by atoms with Gasteiger partial charge in [-0.3, -0.25) is 9.59 Å². The van der Waals surface area contributed by atoms with Crippen LogP contribution >= 0.6 is 0 Å². The molecule has 0 aromatic carbocycles. The topological polar surface area (TPSA) is 70.8 Å². The van der Waals surface area contributed by atoms with Crippen molar-refractivity contribution < 1.29 is 19.1 Å². The van der Waals surface area contributed by atoms with E-state index in [2.05, 4.69) is 0 Å². The summed E-state index contributed by atoms with van der Waals surface area (Å²) in [7, 11) is 0. The Balaban J connectivity index is 1.87. The van der Waals surface area contributed by atoms with Crippen molar-refractivity contribution in [3.63, 3.8) is 0 Å². The Bertz CT molecular complexity index is 449. The maximum absolute atomic E-state index is 12.4. The standard InChI is InChI=1S/C16H23NO4/c18-15(9-3-4-10-16(19)20)17(13-6-1-2-7-13)12-14-8-5-11-21-14/h5,8,11,13H,1-4,6-7,9-10,12H2,(H,19,20). The van der Waals surface area contributed by atoms with E-state index in [1.54, 1.807) is 6.26 Å². The predicted octanol–water partition coefficient (Wildman–Crippen LogP) is 3.20. The van der Waals surface area contributed by atoms with Crippen molar-refractivity contribution in [1.29, 1.82) is 0 Å². The van der Waals surface area contributed by atoms with Crippen LogP contribution in [0, 0.1) is 0 Å². The number of nitrogens with zero attached hydrogens (tertiary/aromatic N) is 1. The molecule has 1 N–H and O–H groups in total. The summed E-state index contributed by atoms with van der Waals surface area (Å²) < 4.78 is 5.36. The van der Waals surface area contributed by atoms with Gasteiger partial charge < -0.3 is 14.4 Å². The average molecular weight is 293 g/mol. The molecule has 1 heterocycles. The van der Waals surface area contributed by atoms with Crippen LogP contribution in [0.4, 0.5) is 0 Å². The molecular formula is C16H23NO4. The van der Waals surface area contributed by atoms with E-state index >= 15 is 0 Å². The van der Waals surface area contributed by atoms with Crippen LogP contribution in [0.5, 0.6) is 0 Å². The van der Waals surface area contributed by atoms with E-state index in [1.807, 2.05) is 17.0 Å². The second kappa shape index (κ2) is 7.86. The Morgan fingerprint density at radius 3 is 2.57 bits per heavy atom. The van der Waals surface area contributed by atoms with Crippen LogP contribution in [0.3, 0.4) is 0 Å². The van der Waals surface area contributed by atoms with Crippen LogP contribution in [0.2, 0.25) is 0 Å². The van der Waals surface area contributed by atoms with Gasteiger partial charge >= 0.3 is 5.97 Å². The molecule has 21 heavy (non-hydrogen) atoms. The van der Waals surface area contributed by atoms with Gasteiger partial charge in [0.15, 0.2) is 0 Å². The van der Waals surface area contributed by atoms with Crippen LogP contribution in [0.15, 0.2) is 22.8 Å². The summed E-state index contributed by atoms with van der Waals surface area (Å²) in [6.45, 7) is 0.523. The molecule has 1 amide bonds. The highest BCUT2D eigenvalue weighted by Crippen LogP contribution is 2.26. The van der Waals surface area contributed by atoms with Crippen molar-refractivity contribution in [2.45, 2.75) is 64.0 Å². The van der Waals surface area contributed by atoms with E-state index in [4.69, 9.17) is 9.52 Å². The van der Waals surface area contributed by atoms with Crippen molar-refractivity contribution in [1.82, 2.24) is 4.90 Å². The number of carbonyl (C=O) groups excluding carboxylic acids is 1. The quantitative estimate of drug-likeness (QED) is 0.747. The fourth-order valence-electron chi connectivity index (χ4n) is 2.90.